The van der Waals surface area contributed by atoms with Gasteiger partial charge in [0, 0.05) is 11.8 Å². The number of carbonyl (C=O) groups excluding carboxylic acids is 1. The second-order valence-electron chi connectivity index (χ2n) is 4.41. The number of benzene rings is 3. The Kier molecular flexibility index (Phi) is 2.91. The van der Waals surface area contributed by atoms with Gasteiger partial charge in [0.15, 0.2) is 6.29 Å². The lowest BCUT2D eigenvalue weighted by Gasteiger charge is -2.12. The molecule has 0 spiro atoms. The normalized spacial score (nSPS) is 12.7. The minimum absolute atomic E-state index is 0.667. The first kappa shape index (κ1) is 12.1. The van der Waals surface area contributed by atoms with E-state index in [0.29, 0.717) is 5.56 Å². The largest absolute Gasteiger partial charge is 0.298 e. The molecule has 1 atom stereocenters. The second-order valence-corrected chi connectivity index (χ2v) is 5.72. The number of fused-ring (bicyclic) bond motifs is 2. The van der Waals surface area contributed by atoms with Crippen LogP contribution in [0.3, 0.4) is 0 Å². The first-order valence-corrected chi connectivity index (χ1v) is 7.52. The van der Waals surface area contributed by atoms with Gasteiger partial charge in [-0.3, -0.25) is 9.00 Å². The number of hydrogen-bond donors (Lipinski definition) is 0. The predicted molar refractivity (Wildman–Crippen MR) is 79.2 cm³/mol. The highest BCUT2D eigenvalue weighted by atomic mass is 32.2. The molecule has 0 aliphatic carbocycles. The van der Waals surface area contributed by atoms with Crippen molar-refractivity contribution in [1.82, 2.24) is 0 Å². The third-order valence-corrected chi connectivity index (χ3v) is 4.34. The molecule has 3 rings (SSSR count). The molecule has 0 radical (unpaired) electrons. The Labute approximate surface area is 113 Å². The Morgan fingerprint density at radius 3 is 1.63 bits per heavy atom. The Morgan fingerprint density at radius 2 is 1.26 bits per heavy atom. The van der Waals surface area contributed by atoms with Gasteiger partial charge in [-0.05, 0) is 21.5 Å². The maximum atomic E-state index is 12.1. The lowest BCUT2D eigenvalue weighted by molar-refractivity contribution is 0.112. The van der Waals surface area contributed by atoms with Crippen molar-refractivity contribution in [2.45, 2.75) is 4.90 Å². The molecule has 0 bridgehead atoms. The van der Waals surface area contributed by atoms with E-state index >= 15 is 0 Å². The zero-order valence-electron chi connectivity index (χ0n) is 10.4. The molecule has 2 nitrogen and oxygen atoms in total. The lowest BCUT2D eigenvalue weighted by Crippen LogP contribution is -1.96. The molecule has 0 aliphatic heterocycles. The highest BCUT2D eigenvalue weighted by molar-refractivity contribution is 7.84. The summed E-state index contributed by atoms with van der Waals surface area (Å²) in [6, 6.07) is 15.3. The van der Waals surface area contributed by atoms with Gasteiger partial charge in [-0.25, -0.2) is 0 Å². The van der Waals surface area contributed by atoms with Gasteiger partial charge in [0.2, 0.25) is 0 Å². The molecule has 0 N–H and O–H groups in total. The van der Waals surface area contributed by atoms with Crippen LogP contribution < -0.4 is 0 Å². The molecule has 94 valence electrons. The van der Waals surface area contributed by atoms with Crippen molar-refractivity contribution in [3.8, 4) is 0 Å². The van der Waals surface area contributed by atoms with Crippen LogP contribution in [-0.4, -0.2) is 16.8 Å². The molecule has 0 heterocycles. The van der Waals surface area contributed by atoms with E-state index in [-0.39, 0.29) is 0 Å². The minimum atomic E-state index is -1.10. The first-order chi connectivity index (χ1) is 9.24. The van der Waals surface area contributed by atoms with Crippen molar-refractivity contribution in [1.29, 1.82) is 0 Å². The van der Waals surface area contributed by atoms with E-state index in [0.717, 1.165) is 32.7 Å². The van der Waals surface area contributed by atoms with E-state index in [1.165, 1.54) is 0 Å². The summed E-state index contributed by atoms with van der Waals surface area (Å²) in [7, 11) is -1.10. The SMILES string of the molecule is CS(=O)c1c2ccccc2c(C=O)c2ccccc12. The molecule has 0 saturated heterocycles. The summed E-state index contributed by atoms with van der Waals surface area (Å²) in [6.07, 6.45) is 2.56. The highest BCUT2D eigenvalue weighted by Gasteiger charge is 2.14. The van der Waals surface area contributed by atoms with Crippen LogP contribution in [0.15, 0.2) is 53.4 Å². The van der Waals surface area contributed by atoms with E-state index < -0.39 is 10.8 Å². The Morgan fingerprint density at radius 1 is 0.842 bits per heavy atom. The van der Waals surface area contributed by atoms with Crippen molar-refractivity contribution in [3.05, 3.63) is 54.1 Å². The zero-order chi connectivity index (χ0) is 13.4. The fourth-order valence-electron chi connectivity index (χ4n) is 2.56. The van der Waals surface area contributed by atoms with Crippen LogP contribution in [0.5, 0.6) is 0 Å². The third kappa shape index (κ3) is 1.78. The molecular formula is C16H12O2S. The van der Waals surface area contributed by atoms with Crippen molar-refractivity contribution < 1.29 is 9.00 Å². The van der Waals surface area contributed by atoms with E-state index in [9.17, 15) is 9.00 Å². The molecule has 0 aliphatic rings. The molecule has 3 aromatic carbocycles. The lowest BCUT2D eigenvalue weighted by atomic mass is 9.97. The molecule has 0 aromatic heterocycles. The zero-order valence-corrected chi connectivity index (χ0v) is 11.2. The average molecular weight is 268 g/mol. The monoisotopic (exact) mass is 268 g/mol. The van der Waals surface area contributed by atoms with Crippen LogP contribution >= 0.6 is 0 Å². The van der Waals surface area contributed by atoms with Crippen LogP contribution in [0.2, 0.25) is 0 Å². The summed E-state index contributed by atoms with van der Waals surface area (Å²) in [5.41, 5.74) is 0.667. The molecule has 0 saturated carbocycles. The number of carbonyl (C=O) groups is 1. The maximum absolute atomic E-state index is 12.1. The quantitative estimate of drug-likeness (QED) is 0.526. The van der Waals surface area contributed by atoms with Crippen molar-refractivity contribution in [2.75, 3.05) is 6.26 Å². The smallest absolute Gasteiger partial charge is 0.151 e. The topological polar surface area (TPSA) is 34.1 Å². The van der Waals surface area contributed by atoms with E-state index in [1.807, 2.05) is 48.5 Å². The molecule has 3 heteroatoms. The fourth-order valence-corrected chi connectivity index (χ4v) is 3.53. The summed E-state index contributed by atoms with van der Waals surface area (Å²) in [5, 5.41) is 3.51. The highest BCUT2D eigenvalue weighted by Crippen LogP contribution is 2.33. The number of aldehydes is 1. The molecule has 0 amide bonds. The van der Waals surface area contributed by atoms with Crippen molar-refractivity contribution >= 4 is 38.6 Å². The summed E-state index contributed by atoms with van der Waals surface area (Å²) >= 11 is 0. The van der Waals surface area contributed by atoms with E-state index in [2.05, 4.69) is 0 Å². The summed E-state index contributed by atoms with van der Waals surface area (Å²) < 4.78 is 12.1. The molecular weight excluding hydrogens is 256 g/mol. The first-order valence-electron chi connectivity index (χ1n) is 5.96. The summed E-state index contributed by atoms with van der Waals surface area (Å²) in [4.78, 5) is 12.2. The van der Waals surface area contributed by atoms with Crippen molar-refractivity contribution in [3.63, 3.8) is 0 Å². The molecule has 1 unspecified atom stereocenters. The van der Waals surface area contributed by atoms with Crippen LogP contribution in [0.1, 0.15) is 10.4 Å². The Hall–Kier alpha value is -2.00. The molecule has 19 heavy (non-hydrogen) atoms. The summed E-state index contributed by atoms with van der Waals surface area (Å²) in [6.45, 7) is 0. The van der Waals surface area contributed by atoms with Gasteiger partial charge in [0.25, 0.3) is 0 Å². The average Bonchev–Trinajstić information content (AvgIpc) is 2.44. The van der Waals surface area contributed by atoms with Gasteiger partial charge in [0.1, 0.15) is 0 Å². The standard InChI is InChI=1S/C16H12O2S/c1-19(18)16-13-8-4-2-6-11(13)15(10-17)12-7-3-5-9-14(12)16/h2-10H,1H3. The number of hydrogen-bond acceptors (Lipinski definition) is 2. The number of rotatable bonds is 2. The Bertz CT molecular complexity index is 764. The van der Waals surface area contributed by atoms with Gasteiger partial charge in [-0.2, -0.15) is 0 Å². The summed E-state index contributed by atoms with van der Waals surface area (Å²) in [5.74, 6) is 0. The Balaban J connectivity index is 2.69. The maximum Gasteiger partial charge on any atom is 0.151 e. The van der Waals surface area contributed by atoms with Crippen LogP contribution in [0, 0.1) is 0 Å². The van der Waals surface area contributed by atoms with Crippen LogP contribution in [0.4, 0.5) is 0 Å². The van der Waals surface area contributed by atoms with E-state index in [4.69, 9.17) is 0 Å². The fraction of sp³-hybridized carbons (Fsp3) is 0.0625. The van der Waals surface area contributed by atoms with Gasteiger partial charge in [-0.1, -0.05) is 48.5 Å². The van der Waals surface area contributed by atoms with Gasteiger partial charge < -0.3 is 0 Å². The predicted octanol–water partition coefficient (Wildman–Crippen LogP) is 3.54. The second kappa shape index (κ2) is 4.59. The third-order valence-electron chi connectivity index (χ3n) is 3.33. The van der Waals surface area contributed by atoms with Gasteiger partial charge >= 0.3 is 0 Å². The molecule has 3 aromatic rings. The van der Waals surface area contributed by atoms with E-state index in [1.54, 1.807) is 6.26 Å². The van der Waals surface area contributed by atoms with Gasteiger partial charge in [0.05, 0.1) is 15.7 Å². The van der Waals surface area contributed by atoms with Crippen LogP contribution in [-0.2, 0) is 10.8 Å². The van der Waals surface area contributed by atoms with Crippen LogP contribution in [0.25, 0.3) is 21.5 Å². The minimum Gasteiger partial charge on any atom is -0.298 e. The molecule has 0 fully saturated rings. The van der Waals surface area contributed by atoms with Crippen molar-refractivity contribution in [2.24, 2.45) is 0 Å². The van der Waals surface area contributed by atoms with Gasteiger partial charge in [-0.15, -0.1) is 0 Å².